The molecule has 2 saturated heterocycles. The van der Waals surface area contributed by atoms with Crippen LogP contribution in [0.2, 0.25) is 0 Å². The summed E-state index contributed by atoms with van der Waals surface area (Å²) in [6, 6.07) is 10.3. The van der Waals surface area contributed by atoms with Crippen LogP contribution in [-0.4, -0.2) is 42.1 Å². The minimum Gasteiger partial charge on any atom is -0.381 e. The molecule has 1 spiro atoms. The molecule has 0 aliphatic carbocycles. The van der Waals surface area contributed by atoms with Crippen molar-refractivity contribution in [2.75, 3.05) is 26.3 Å². The average Bonchev–Trinajstić information content (AvgIpc) is 3.25. The molecule has 3 heterocycles. The zero-order valence-electron chi connectivity index (χ0n) is 13.7. The Kier molecular flexibility index (Phi) is 4.37. The van der Waals surface area contributed by atoms with Gasteiger partial charge < -0.3 is 9.64 Å². The zero-order chi connectivity index (χ0) is 16.4. The number of piperidine rings is 1. The van der Waals surface area contributed by atoms with Crippen molar-refractivity contribution in [2.24, 2.45) is 5.41 Å². The fourth-order valence-electron chi connectivity index (χ4n) is 3.78. The molecule has 126 valence electrons. The van der Waals surface area contributed by atoms with Crippen LogP contribution in [0.25, 0.3) is 0 Å². The number of amides is 1. The number of hydrogen-bond acceptors (Lipinski definition) is 4. The lowest BCUT2D eigenvalue weighted by atomic mass is 9.79. The lowest BCUT2D eigenvalue weighted by Gasteiger charge is -2.39. The third-order valence-corrected chi connectivity index (χ3v) is 5.95. The third kappa shape index (κ3) is 3.23. The molecule has 1 aromatic heterocycles. The van der Waals surface area contributed by atoms with E-state index in [9.17, 15) is 4.79 Å². The van der Waals surface area contributed by atoms with Crippen molar-refractivity contribution in [3.05, 3.63) is 52.0 Å². The number of aromatic nitrogens is 1. The van der Waals surface area contributed by atoms with E-state index in [4.69, 9.17) is 4.74 Å². The average molecular weight is 342 g/mol. The Labute approximate surface area is 146 Å². The molecule has 1 aromatic carbocycles. The van der Waals surface area contributed by atoms with E-state index in [1.165, 1.54) is 12.0 Å². The molecule has 0 N–H and O–H groups in total. The van der Waals surface area contributed by atoms with Crippen LogP contribution < -0.4 is 0 Å². The Hall–Kier alpha value is -1.72. The molecule has 2 aromatic rings. The molecule has 24 heavy (non-hydrogen) atoms. The molecule has 2 fully saturated rings. The van der Waals surface area contributed by atoms with Gasteiger partial charge in [0.15, 0.2) is 0 Å². The van der Waals surface area contributed by atoms with E-state index in [-0.39, 0.29) is 11.3 Å². The van der Waals surface area contributed by atoms with Gasteiger partial charge in [-0.2, -0.15) is 0 Å². The van der Waals surface area contributed by atoms with E-state index in [1.807, 2.05) is 28.5 Å². The summed E-state index contributed by atoms with van der Waals surface area (Å²) in [4.78, 5) is 19.4. The van der Waals surface area contributed by atoms with Crippen molar-refractivity contribution in [3.8, 4) is 0 Å². The zero-order valence-corrected chi connectivity index (χ0v) is 14.6. The fraction of sp³-hybridized carbons (Fsp3) is 0.474. The van der Waals surface area contributed by atoms with E-state index in [2.05, 4.69) is 17.1 Å². The first-order chi connectivity index (χ1) is 11.7. The van der Waals surface area contributed by atoms with Crippen LogP contribution in [0.5, 0.6) is 0 Å². The van der Waals surface area contributed by atoms with Crippen LogP contribution in [0.15, 0.2) is 35.7 Å². The van der Waals surface area contributed by atoms with Gasteiger partial charge in [-0.15, -0.1) is 11.3 Å². The topological polar surface area (TPSA) is 42.4 Å². The summed E-state index contributed by atoms with van der Waals surface area (Å²) < 4.78 is 5.59. The van der Waals surface area contributed by atoms with E-state index >= 15 is 0 Å². The molecule has 0 saturated carbocycles. The van der Waals surface area contributed by atoms with Gasteiger partial charge in [0, 0.05) is 36.9 Å². The van der Waals surface area contributed by atoms with Gasteiger partial charge in [-0.25, -0.2) is 4.98 Å². The second-order valence-corrected chi connectivity index (χ2v) is 7.86. The molecule has 0 bridgehead atoms. The number of carbonyl (C=O) groups excluding carboxylic acids is 1. The number of thiazole rings is 1. The summed E-state index contributed by atoms with van der Waals surface area (Å²) in [6.07, 6.45) is 4.10. The lowest BCUT2D eigenvalue weighted by molar-refractivity contribution is 0.0458. The first-order valence-corrected chi connectivity index (χ1v) is 9.47. The van der Waals surface area contributed by atoms with Gasteiger partial charge in [-0.1, -0.05) is 30.3 Å². The SMILES string of the molecule is O=C(c1csc(Cc2ccccc2)n1)N1CCC[C@@]2(CCOC2)C1. The number of rotatable bonds is 3. The smallest absolute Gasteiger partial charge is 0.273 e. The molecule has 1 atom stereocenters. The van der Waals surface area contributed by atoms with E-state index < -0.39 is 0 Å². The quantitative estimate of drug-likeness (QED) is 0.859. The van der Waals surface area contributed by atoms with Crippen molar-refractivity contribution < 1.29 is 9.53 Å². The highest BCUT2D eigenvalue weighted by atomic mass is 32.1. The molecular weight excluding hydrogens is 320 g/mol. The first kappa shape index (κ1) is 15.8. The minimum absolute atomic E-state index is 0.0801. The maximum atomic E-state index is 12.8. The molecule has 5 heteroatoms. The van der Waals surface area contributed by atoms with Crippen LogP contribution in [0, 0.1) is 5.41 Å². The van der Waals surface area contributed by atoms with Gasteiger partial charge in [0.25, 0.3) is 5.91 Å². The Balaban J connectivity index is 1.45. The molecule has 4 rings (SSSR count). The predicted octanol–water partition coefficient (Wildman–Crippen LogP) is 3.38. The van der Waals surface area contributed by atoms with Crippen molar-refractivity contribution in [3.63, 3.8) is 0 Å². The van der Waals surface area contributed by atoms with Gasteiger partial charge in [0.1, 0.15) is 5.69 Å². The Morgan fingerprint density at radius 2 is 2.17 bits per heavy atom. The van der Waals surface area contributed by atoms with Crippen molar-refractivity contribution in [1.82, 2.24) is 9.88 Å². The number of carbonyl (C=O) groups is 1. The Morgan fingerprint density at radius 3 is 2.96 bits per heavy atom. The van der Waals surface area contributed by atoms with Gasteiger partial charge in [-0.05, 0) is 24.8 Å². The second kappa shape index (κ2) is 6.65. The molecule has 2 aliphatic rings. The number of likely N-dealkylation sites (tertiary alicyclic amines) is 1. The van der Waals surface area contributed by atoms with E-state index in [0.717, 1.165) is 50.6 Å². The van der Waals surface area contributed by atoms with Crippen molar-refractivity contribution in [1.29, 1.82) is 0 Å². The third-order valence-electron chi connectivity index (χ3n) is 5.10. The molecule has 4 nitrogen and oxygen atoms in total. The second-order valence-electron chi connectivity index (χ2n) is 6.92. The van der Waals surface area contributed by atoms with Gasteiger partial charge in [0.05, 0.1) is 11.6 Å². The standard InChI is InChI=1S/C19H22N2O2S/c22-18(21-9-4-7-19(13-21)8-10-23-14-19)16-12-24-17(20-16)11-15-5-2-1-3-6-15/h1-3,5-6,12H,4,7-11,13-14H2/t19-/m1/s1. The minimum atomic E-state index is 0.0801. The molecular formula is C19H22N2O2S. The molecule has 0 unspecified atom stereocenters. The number of nitrogens with zero attached hydrogens (tertiary/aromatic N) is 2. The maximum absolute atomic E-state index is 12.8. The van der Waals surface area contributed by atoms with Gasteiger partial charge in [-0.3, -0.25) is 4.79 Å². The fourth-order valence-corrected chi connectivity index (χ4v) is 4.58. The number of ether oxygens (including phenoxy) is 1. The monoisotopic (exact) mass is 342 g/mol. The van der Waals surface area contributed by atoms with Gasteiger partial charge in [0.2, 0.25) is 0 Å². The Morgan fingerprint density at radius 1 is 1.29 bits per heavy atom. The highest BCUT2D eigenvalue weighted by molar-refractivity contribution is 7.09. The molecule has 1 amide bonds. The Bertz CT molecular complexity index is 707. The summed E-state index contributed by atoms with van der Waals surface area (Å²) in [5.41, 5.74) is 2.02. The van der Waals surface area contributed by atoms with Crippen molar-refractivity contribution in [2.45, 2.75) is 25.7 Å². The van der Waals surface area contributed by atoms with Gasteiger partial charge >= 0.3 is 0 Å². The summed E-state index contributed by atoms with van der Waals surface area (Å²) in [5, 5.41) is 2.91. The number of benzene rings is 1. The predicted molar refractivity (Wildman–Crippen MR) is 94.4 cm³/mol. The van der Waals surface area contributed by atoms with E-state index in [0.29, 0.717) is 5.69 Å². The highest BCUT2D eigenvalue weighted by Crippen LogP contribution is 2.38. The maximum Gasteiger partial charge on any atom is 0.273 e. The molecule has 0 radical (unpaired) electrons. The van der Waals surface area contributed by atoms with Crippen LogP contribution in [0.1, 0.15) is 40.3 Å². The van der Waals surface area contributed by atoms with Crippen molar-refractivity contribution >= 4 is 17.2 Å². The summed E-state index contributed by atoms with van der Waals surface area (Å²) in [5.74, 6) is 0.0801. The summed E-state index contributed by atoms with van der Waals surface area (Å²) in [7, 11) is 0. The van der Waals surface area contributed by atoms with Crippen LogP contribution in [-0.2, 0) is 11.2 Å². The summed E-state index contributed by atoms with van der Waals surface area (Å²) in [6.45, 7) is 3.29. The van der Waals surface area contributed by atoms with E-state index in [1.54, 1.807) is 11.3 Å². The highest BCUT2D eigenvalue weighted by Gasteiger charge is 2.40. The molecule has 2 aliphatic heterocycles. The lowest BCUT2D eigenvalue weighted by Crippen LogP contribution is -2.46. The first-order valence-electron chi connectivity index (χ1n) is 8.60. The van der Waals surface area contributed by atoms with Crippen LogP contribution >= 0.6 is 11.3 Å². The largest absolute Gasteiger partial charge is 0.381 e. The number of hydrogen-bond donors (Lipinski definition) is 0. The van der Waals surface area contributed by atoms with Crippen LogP contribution in [0.3, 0.4) is 0 Å². The summed E-state index contributed by atoms with van der Waals surface area (Å²) >= 11 is 1.58. The normalized spacial score (nSPS) is 23.8. The van der Waals surface area contributed by atoms with Crippen LogP contribution in [0.4, 0.5) is 0 Å².